The summed E-state index contributed by atoms with van der Waals surface area (Å²) >= 11 is 9.10. The summed E-state index contributed by atoms with van der Waals surface area (Å²) in [6.45, 7) is 0. The monoisotopic (exact) mass is 299 g/mol. The van der Waals surface area contributed by atoms with Gasteiger partial charge in [0.1, 0.15) is 0 Å². The van der Waals surface area contributed by atoms with Gasteiger partial charge in [0.25, 0.3) is 0 Å². The third kappa shape index (κ3) is 2.31. The van der Waals surface area contributed by atoms with E-state index in [9.17, 15) is 0 Å². The second-order valence-corrected chi connectivity index (χ2v) is 4.12. The van der Waals surface area contributed by atoms with Gasteiger partial charge in [0.05, 0.1) is 17.3 Å². The van der Waals surface area contributed by atoms with Crippen LogP contribution in [0.4, 0.5) is 0 Å². The third-order valence-electron chi connectivity index (χ3n) is 1.93. The van der Waals surface area contributed by atoms with Gasteiger partial charge in [0.2, 0.25) is 11.2 Å². The summed E-state index contributed by atoms with van der Waals surface area (Å²) in [6.07, 6.45) is 3.27. The number of methoxy groups -OCH3 is 1. The van der Waals surface area contributed by atoms with Crippen molar-refractivity contribution >= 4 is 27.5 Å². The zero-order valence-electron chi connectivity index (χ0n) is 8.32. The highest BCUT2D eigenvalue weighted by Gasteiger charge is 2.07. The van der Waals surface area contributed by atoms with E-state index in [1.165, 1.54) is 0 Å². The molecule has 0 aliphatic carbocycles. The van der Waals surface area contributed by atoms with Gasteiger partial charge in [-0.05, 0) is 33.6 Å². The Bertz CT molecular complexity index is 504. The number of ether oxygens (including phenoxy) is 1. The molecule has 0 unspecified atom stereocenters. The average molecular weight is 301 g/mol. The number of pyridine rings is 1. The van der Waals surface area contributed by atoms with Crippen LogP contribution in [0.1, 0.15) is 0 Å². The Labute approximate surface area is 106 Å². The topological polar surface area (TPSA) is 47.9 Å². The predicted molar refractivity (Wildman–Crippen MR) is 64.5 cm³/mol. The number of halogens is 2. The van der Waals surface area contributed by atoms with E-state index in [2.05, 4.69) is 30.9 Å². The minimum Gasteiger partial charge on any atom is -0.481 e. The predicted octanol–water partition coefficient (Wildman–Crippen LogP) is 2.96. The maximum absolute atomic E-state index is 5.74. The van der Waals surface area contributed by atoms with Crippen LogP contribution in [-0.4, -0.2) is 22.1 Å². The molecule has 2 aromatic heterocycles. The van der Waals surface area contributed by atoms with E-state index >= 15 is 0 Å². The second-order valence-electron chi connectivity index (χ2n) is 2.92. The summed E-state index contributed by atoms with van der Waals surface area (Å²) in [4.78, 5) is 12.1. The summed E-state index contributed by atoms with van der Waals surface area (Å²) in [5.41, 5.74) is 1.55. The van der Waals surface area contributed by atoms with Crippen molar-refractivity contribution in [2.45, 2.75) is 0 Å². The van der Waals surface area contributed by atoms with Gasteiger partial charge in [-0.15, -0.1) is 0 Å². The Morgan fingerprint density at radius 3 is 2.69 bits per heavy atom. The van der Waals surface area contributed by atoms with Gasteiger partial charge in [-0.1, -0.05) is 0 Å². The molecule has 0 aliphatic heterocycles. The molecule has 4 nitrogen and oxygen atoms in total. The number of hydrogen-bond donors (Lipinski definition) is 0. The van der Waals surface area contributed by atoms with Crippen molar-refractivity contribution < 1.29 is 4.74 Å². The molecule has 0 atom stereocenters. The first-order chi connectivity index (χ1) is 7.70. The Morgan fingerprint density at radius 1 is 1.25 bits per heavy atom. The summed E-state index contributed by atoms with van der Waals surface area (Å²) < 4.78 is 5.74. The summed E-state index contributed by atoms with van der Waals surface area (Å²) in [6, 6.07) is 3.62. The second kappa shape index (κ2) is 4.76. The van der Waals surface area contributed by atoms with Crippen LogP contribution >= 0.6 is 27.5 Å². The van der Waals surface area contributed by atoms with Crippen LogP contribution in [-0.2, 0) is 0 Å². The molecular weight excluding hydrogens is 293 g/mol. The van der Waals surface area contributed by atoms with Crippen LogP contribution in [0.3, 0.4) is 0 Å². The standard InChI is InChI=1S/C10H7BrClN3O/c1-16-8-3-2-6(4-13-8)9-7(11)5-14-10(12)15-9/h2-5H,1H3. The average Bonchev–Trinajstić information content (AvgIpc) is 2.32. The maximum Gasteiger partial charge on any atom is 0.222 e. The SMILES string of the molecule is COc1ccc(-c2nc(Cl)ncc2Br)cn1. The molecule has 2 heterocycles. The number of nitrogens with zero attached hydrogens (tertiary/aromatic N) is 3. The van der Waals surface area contributed by atoms with Crippen LogP contribution in [0.2, 0.25) is 5.28 Å². The molecule has 0 radical (unpaired) electrons. The normalized spacial score (nSPS) is 10.2. The van der Waals surface area contributed by atoms with Crippen LogP contribution < -0.4 is 4.74 Å². The Hall–Kier alpha value is -1.20. The van der Waals surface area contributed by atoms with Crippen molar-refractivity contribution in [3.63, 3.8) is 0 Å². The van der Waals surface area contributed by atoms with E-state index in [1.54, 1.807) is 25.6 Å². The van der Waals surface area contributed by atoms with Crippen LogP contribution in [0.25, 0.3) is 11.3 Å². The zero-order chi connectivity index (χ0) is 11.5. The van der Waals surface area contributed by atoms with Gasteiger partial charge >= 0.3 is 0 Å². The zero-order valence-corrected chi connectivity index (χ0v) is 10.7. The van der Waals surface area contributed by atoms with Gasteiger partial charge in [-0.25, -0.2) is 15.0 Å². The Kier molecular flexibility index (Phi) is 3.36. The van der Waals surface area contributed by atoms with E-state index in [0.29, 0.717) is 11.6 Å². The largest absolute Gasteiger partial charge is 0.481 e. The highest BCUT2D eigenvalue weighted by atomic mass is 79.9. The van der Waals surface area contributed by atoms with E-state index in [0.717, 1.165) is 10.0 Å². The molecule has 0 aliphatic rings. The summed E-state index contributed by atoms with van der Waals surface area (Å²) in [5, 5.41) is 0.203. The van der Waals surface area contributed by atoms with Crippen LogP contribution in [0, 0.1) is 0 Å². The minimum atomic E-state index is 0.203. The molecule has 0 aromatic carbocycles. The molecule has 0 bridgehead atoms. The van der Waals surface area contributed by atoms with Crippen molar-refractivity contribution in [2.24, 2.45) is 0 Å². The molecule has 2 rings (SSSR count). The maximum atomic E-state index is 5.74. The van der Waals surface area contributed by atoms with Gasteiger partial charge < -0.3 is 4.74 Å². The van der Waals surface area contributed by atoms with E-state index in [1.807, 2.05) is 6.07 Å². The molecule has 82 valence electrons. The first kappa shape index (κ1) is 11.3. The molecule has 0 fully saturated rings. The fraction of sp³-hybridized carbons (Fsp3) is 0.100. The molecule has 0 saturated heterocycles. The first-order valence-electron chi connectivity index (χ1n) is 4.39. The van der Waals surface area contributed by atoms with Gasteiger partial charge in [-0.3, -0.25) is 0 Å². The minimum absolute atomic E-state index is 0.203. The Balaban J connectivity index is 2.45. The van der Waals surface area contributed by atoms with E-state index < -0.39 is 0 Å². The van der Waals surface area contributed by atoms with Gasteiger partial charge in [0, 0.05) is 24.0 Å². The van der Waals surface area contributed by atoms with Gasteiger partial charge in [0.15, 0.2) is 0 Å². The van der Waals surface area contributed by atoms with Gasteiger partial charge in [-0.2, -0.15) is 0 Å². The molecule has 0 N–H and O–H groups in total. The van der Waals surface area contributed by atoms with E-state index in [-0.39, 0.29) is 5.28 Å². The number of hydrogen-bond acceptors (Lipinski definition) is 4. The van der Waals surface area contributed by atoms with Crippen molar-refractivity contribution in [3.8, 4) is 17.1 Å². The van der Waals surface area contributed by atoms with Crippen molar-refractivity contribution in [2.75, 3.05) is 7.11 Å². The smallest absolute Gasteiger partial charge is 0.222 e. The number of aromatic nitrogens is 3. The molecular formula is C10H7BrClN3O. The Morgan fingerprint density at radius 2 is 2.06 bits per heavy atom. The molecule has 0 amide bonds. The fourth-order valence-electron chi connectivity index (χ4n) is 1.19. The third-order valence-corrected chi connectivity index (χ3v) is 2.70. The molecule has 6 heteroatoms. The lowest BCUT2D eigenvalue weighted by Crippen LogP contribution is -1.91. The fourth-order valence-corrected chi connectivity index (χ4v) is 1.74. The molecule has 0 saturated carbocycles. The quantitative estimate of drug-likeness (QED) is 0.800. The lowest BCUT2D eigenvalue weighted by Gasteiger charge is -2.04. The van der Waals surface area contributed by atoms with Crippen LogP contribution in [0.15, 0.2) is 29.0 Å². The summed E-state index contributed by atoms with van der Waals surface area (Å²) in [7, 11) is 1.57. The van der Waals surface area contributed by atoms with Crippen molar-refractivity contribution in [1.29, 1.82) is 0 Å². The molecule has 2 aromatic rings. The molecule has 0 spiro atoms. The van der Waals surface area contributed by atoms with Crippen LogP contribution in [0.5, 0.6) is 5.88 Å². The lowest BCUT2D eigenvalue weighted by atomic mass is 10.2. The number of rotatable bonds is 2. The van der Waals surface area contributed by atoms with Crippen molar-refractivity contribution in [3.05, 3.63) is 34.3 Å². The van der Waals surface area contributed by atoms with E-state index in [4.69, 9.17) is 16.3 Å². The highest BCUT2D eigenvalue weighted by Crippen LogP contribution is 2.26. The first-order valence-corrected chi connectivity index (χ1v) is 5.56. The lowest BCUT2D eigenvalue weighted by molar-refractivity contribution is 0.398. The summed E-state index contributed by atoms with van der Waals surface area (Å²) in [5.74, 6) is 0.556. The molecule has 16 heavy (non-hydrogen) atoms. The highest BCUT2D eigenvalue weighted by molar-refractivity contribution is 9.10. The van der Waals surface area contributed by atoms with Crippen molar-refractivity contribution in [1.82, 2.24) is 15.0 Å².